The SMILES string of the molecule is COC(=O)c1ccc(Oc2cc(C3OC(CO)C(O)C(O)C3O)ccc2OC)cc1. The lowest BCUT2D eigenvalue weighted by Crippen LogP contribution is -2.55. The number of methoxy groups -OCH3 is 2. The van der Waals surface area contributed by atoms with Crippen LogP contribution in [-0.4, -0.2) is 71.6 Å². The van der Waals surface area contributed by atoms with Gasteiger partial charge in [-0.1, -0.05) is 6.07 Å². The fraction of sp³-hybridized carbons (Fsp3) is 0.381. The topological polar surface area (TPSA) is 135 Å². The number of carbonyl (C=O) groups is 1. The van der Waals surface area contributed by atoms with Crippen molar-refractivity contribution in [3.8, 4) is 17.2 Å². The first-order chi connectivity index (χ1) is 14.4. The molecular weight excluding hydrogens is 396 g/mol. The minimum absolute atomic E-state index is 0.303. The van der Waals surface area contributed by atoms with Crippen molar-refractivity contribution in [3.63, 3.8) is 0 Å². The fourth-order valence-corrected chi connectivity index (χ4v) is 3.23. The van der Waals surface area contributed by atoms with Gasteiger partial charge < -0.3 is 39.4 Å². The molecule has 0 saturated carbocycles. The van der Waals surface area contributed by atoms with Crippen LogP contribution in [-0.2, 0) is 9.47 Å². The van der Waals surface area contributed by atoms with Crippen LogP contribution in [0.1, 0.15) is 22.0 Å². The van der Waals surface area contributed by atoms with Crippen LogP contribution in [0.15, 0.2) is 42.5 Å². The van der Waals surface area contributed by atoms with Gasteiger partial charge in [0.2, 0.25) is 0 Å². The maximum atomic E-state index is 11.6. The minimum Gasteiger partial charge on any atom is -0.493 e. The Morgan fingerprint density at radius 1 is 0.967 bits per heavy atom. The normalized spacial score (nSPS) is 26.1. The Bertz CT molecular complexity index is 865. The first-order valence-electron chi connectivity index (χ1n) is 9.24. The molecule has 1 heterocycles. The molecule has 1 saturated heterocycles. The van der Waals surface area contributed by atoms with E-state index in [1.807, 2.05) is 0 Å². The smallest absolute Gasteiger partial charge is 0.337 e. The highest BCUT2D eigenvalue weighted by Gasteiger charge is 2.44. The van der Waals surface area contributed by atoms with E-state index in [0.29, 0.717) is 28.4 Å². The zero-order valence-corrected chi connectivity index (χ0v) is 16.5. The average Bonchev–Trinajstić information content (AvgIpc) is 2.77. The second-order valence-corrected chi connectivity index (χ2v) is 6.78. The first-order valence-corrected chi connectivity index (χ1v) is 9.24. The molecule has 1 aliphatic heterocycles. The molecule has 0 amide bonds. The summed E-state index contributed by atoms with van der Waals surface area (Å²) in [6.45, 7) is -0.520. The molecule has 9 heteroatoms. The average molecular weight is 420 g/mol. The lowest BCUT2D eigenvalue weighted by atomic mass is 9.91. The first kappa shape index (κ1) is 22.0. The van der Waals surface area contributed by atoms with Crippen LogP contribution in [0, 0.1) is 0 Å². The lowest BCUT2D eigenvalue weighted by molar-refractivity contribution is -0.231. The van der Waals surface area contributed by atoms with Gasteiger partial charge in [0.15, 0.2) is 11.5 Å². The van der Waals surface area contributed by atoms with Crippen molar-refractivity contribution in [2.75, 3.05) is 20.8 Å². The molecule has 30 heavy (non-hydrogen) atoms. The summed E-state index contributed by atoms with van der Waals surface area (Å²) in [5.74, 6) is 0.661. The Hall–Kier alpha value is -2.69. The van der Waals surface area contributed by atoms with Gasteiger partial charge in [-0.25, -0.2) is 4.79 Å². The summed E-state index contributed by atoms with van der Waals surface area (Å²) in [5, 5.41) is 39.7. The van der Waals surface area contributed by atoms with Gasteiger partial charge in [-0.05, 0) is 42.0 Å². The van der Waals surface area contributed by atoms with Crippen molar-refractivity contribution >= 4 is 5.97 Å². The van der Waals surface area contributed by atoms with Crippen LogP contribution in [0.3, 0.4) is 0 Å². The van der Waals surface area contributed by atoms with Crippen molar-refractivity contribution in [1.82, 2.24) is 0 Å². The standard InChI is InChI=1S/C21H24O9/c1-27-14-8-5-12(20-19(25)18(24)17(23)16(10-22)30-20)9-15(14)29-13-6-3-11(4-7-13)21(26)28-2/h3-9,16-20,22-25H,10H2,1-2H3. The Labute approximate surface area is 173 Å². The molecule has 9 nitrogen and oxygen atoms in total. The Morgan fingerprint density at radius 2 is 1.67 bits per heavy atom. The van der Waals surface area contributed by atoms with Crippen LogP contribution >= 0.6 is 0 Å². The van der Waals surface area contributed by atoms with E-state index in [1.165, 1.54) is 14.2 Å². The van der Waals surface area contributed by atoms with Gasteiger partial charge in [0.05, 0.1) is 26.4 Å². The summed E-state index contributed by atoms with van der Waals surface area (Å²) < 4.78 is 21.4. The van der Waals surface area contributed by atoms with Gasteiger partial charge in [-0.3, -0.25) is 0 Å². The number of hydrogen-bond acceptors (Lipinski definition) is 9. The molecule has 1 fully saturated rings. The number of esters is 1. The van der Waals surface area contributed by atoms with Gasteiger partial charge in [-0.15, -0.1) is 0 Å². The molecule has 3 rings (SSSR count). The van der Waals surface area contributed by atoms with Crippen molar-refractivity contribution in [2.24, 2.45) is 0 Å². The van der Waals surface area contributed by atoms with E-state index in [2.05, 4.69) is 4.74 Å². The second-order valence-electron chi connectivity index (χ2n) is 6.78. The number of aliphatic hydroxyl groups is 4. The predicted octanol–water partition coefficient (Wildman–Crippen LogP) is 0.789. The molecule has 0 radical (unpaired) electrons. The minimum atomic E-state index is -1.49. The number of benzene rings is 2. The molecule has 0 aromatic heterocycles. The molecule has 0 spiro atoms. The molecular formula is C21H24O9. The molecule has 1 aliphatic rings. The quantitative estimate of drug-likeness (QED) is 0.500. The summed E-state index contributed by atoms with van der Waals surface area (Å²) >= 11 is 0. The Morgan fingerprint density at radius 3 is 2.27 bits per heavy atom. The maximum Gasteiger partial charge on any atom is 0.337 e. The van der Waals surface area contributed by atoms with E-state index in [1.54, 1.807) is 42.5 Å². The summed E-state index contributed by atoms with van der Waals surface area (Å²) in [6.07, 6.45) is -6.37. The monoisotopic (exact) mass is 420 g/mol. The second kappa shape index (κ2) is 9.41. The highest BCUT2D eigenvalue weighted by Crippen LogP contribution is 2.38. The largest absolute Gasteiger partial charge is 0.493 e. The number of carbonyl (C=O) groups excluding carboxylic acids is 1. The zero-order chi connectivity index (χ0) is 21.8. The Balaban J connectivity index is 1.87. The zero-order valence-electron chi connectivity index (χ0n) is 16.5. The molecule has 5 atom stereocenters. The number of rotatable bonds is 6. The number of ether oxygens (including phenoxy) is 4. The van der Waals surface area contributed by atoms with Crippen LogP contribution < -0.4 is 9.47 Å². The van der Waals surface area contributed by atoms with Gasteiger partial charge in [-0.2, -0.15) is 0 Å². The highest BCUT2D eigenvalue weighted by molar-refractivity contribution is 5.89. The third-order valence-electron chi connectivity index (χ3n) is 4.91. The molecule has 0 aliphatic carbocycles. The maximum absolute atomic E-state index is 11.6. The van der Waals surface area contributed by atoms with Crippen LogP contribution in [0.2, 0.25) is 0 Å². The van der Waals surface area contributed by atoms with Crippen molar-refractivity contribution in [2.45, 2.75) is 30.5 Å². The summed E-state index contributed by atoms with van der Waals surface area (Å²) in [5.41, 5.74) is 0.820. The van der Waals surface area contributed by atoms with Crippen molar-refractivity contribution in [3.05, 3.63) is 53.6 Å². The predicted molar refractivity (Wildman–Crippen MR) is 104 cm³/mol. The van der Waals surface area contributed by atoms with E-state index < -0.39 is 43.1 Å². The van der Waals surface area contributed by atoms with Gasteiger partial charge >= 0.3 is 5.97 Å². The Kier molecular flexibility index (Phi) is 6.91. The van der Waals surface area contributed by atoms with E-state index in [4.69, 9.17) is 14.2 Å². The van der Waals surface area contributed by atoms with Crippen LogP contribution in [0.5, 0.6) is 17.2 Å². The number of aliphatic hydroxyl groups excluding tert-OH is 4. The van der Waals surface area contributed by atoms with E-state index >= 15 is 0 Å². The molecule has 2 aromatic carbocycles. The third-order valence-corrected chi connectivity index (χ3v) is 4.91. The van der Waals surface area contributed by atoms with Gasteiger partial charge in [0.25, 0.3) is 0 Å². The molecule has 4 N–H and O–H groups in total. The van der Waals surface area contributed by atoms with E-state index in [9.17, 15) is 25.2 Å². The highest BCUT2D eigenvalue weighted by atomic mass is 16.5. The van der Waals surface area contributed by atoms with Crippen LogP contribution in [0.25, 0.3) is 0 Å². The molecule has 0 bridgehead atoms. The van der Waals surface area contributed by atoms with Crippen molar-refractivity contribution < 1.29 is 44.2 Å². The fourth-order valence-electron chi connectivity index (χ4n) is 3.23. The number of hydrogen-bond donors (Lipinski definition) is 4. The summed E-state index contributed by atoms with van der Waals surface area (Å²) in [6, 6.07) is 11.1. The van der Waals surface area contributed by atoms with E-state index in [0.717, 1.165) is 0 Å². The molecule has 162 valence electrons. The van der Waals surface area contributed by atoms with E-state index in [-0.39, 0.29) is 0 Å². The third kappa shape index (κ3) is 4.40. The van der Waals surface area contributed by atoms with Crippen LogP contribution in [0.4, 0.5) is 0 Å². The van der Waals surface area contributed by atoms with Gasteiger partial charge in [0.1, 0.15) is 36.3 Å². The summed E-state index contributed by atoms with van der Waals surface area (Å²) in [4.78, 5) is 11.6. The van der Waals surface area contributed by atoms with Gasteiger partial charge in [0, 0.05) is 0 Å². The summed E-state index contributed by atoms with van der Waals surface area (Å²) in [7, 11) is 2.76. The molecule has 2 aromatic rings. The lowest BCUT2D eigenvalue weighted by Gasteiger charge is -2.40. The molecule has 5 unspecified atom stereocenters. The van der Waals surface area contributed by atoms with Crippen molar-refractivity contribution in [1.29, 1.82) is 0 Å².